The maximum Gasteiger partial charge on any atom is 0.476 e. The van der Waals surface area contributed by atoms with Crippen LogP contribution in [0.25, 0.3) is 21.9 Å². The van der Waals surface area contributed by atoms with E-state index in [0.29, 0.717) is 24.0 Å². The number of hydrogen-bond donors (Lipinski definition) is 20. The van der Waals surface area contributed by atoms with Gasteiger partial charge in [0.05, 0.1) is 29.7 Å². The summed E-state index contributed by atoms with van der Waals surface area (Å²) in [5.41, 5.74) is 28.5. The minimum absolute atomic E-state index is 0.210. The Morgan fingerprint density at radius 2 is 0.703 bits per heavy atom. The van der Waals surface area contributed by atoms with Gasteiger partial charge in [0, 0.05) is 62.5 Å². The summed E-state index contributed by atoms with van der Waals surface area (Å²) in [4.78, 5) is 111. The van der Waals surface area contributed by atoms with Gasteiger partial charge >= 0.3 is 35.6 Å². The lowest BCUT2D eigenvalue weighted by atomic mass is 9.77. The van der Waals surface area contributed by atoms with Crippen molar-refractivity contribution in [2.75, 3.05) is 0 Å². The molecule has 0 bridgehead atoms. The molecule has 5 rings (SSSR count). The van der Waals surface area contributed by atoms with Crippen molar-refractivity contribution in [3.63, 3.8) is 0 Å². The monoisotopic (exact) mass is 1270 g/mol. The molecule has 35 heteroatoms. The largest absolute Gasteiger partial charge is 0.476 e. The van der Waals surface area contributed by atoms with Crippen molar-refractivity contribution in [3.8, 4) is 11.1 Å². The zero-order chi connectivity index (χ0) is 68.8. The van der Waals surface area contributed by atoms with Crippen LogP contribution in [-0.4, -0.2) is 175 Å². The Bertz CT molecular complexity index is 3090. The number of hydrogen-bond acceptors (Lipinski definition) is 20. The molecule has 0 spiro atoms. The van der Waals surface area contributed by atoms with Crippen molar-refractivity contribution in [3.05, 3.63) is 144 Å². The molecule has 0 heterocycles. The highest BCUT2D eigenvalue weighted by molar-refractivity contribution is 6.45. The van der Waals surface area contributed by atoms with Gasteiger partial charge in [0.1, 0.15) is 0 Å². The van der Waals surface area contributed by atoms with E-state index in [1.165, 1.54) is 0 Å². The maximum absolute atomic E-state index is 12.1. The van der Waals surface area contributed by atoms with Crippen molar-refractivity contribution in [1.82, 2.24) is 26.6 Å². The number of carbonyl (C=O) groups is 10. The van der Waals surface area contributed by atoms with Gasteiger partial charge in [-0.1, -0.05) is 117 Å². The fourth-order valence-electron chi connectivity index (χ4n) is 7.71. The third-order valence-electron chi connectivity index (χ3n) is 12.4. The van der Waals surface area contributed by atoms with E-state index in [-0.39, 0.29) is 69.1 Å². The van der Waals surface area contributed by atoms with Crippen molar-refractivity contribution in [2.45, 2.75) is 114 Å². The second-order valence-corrected chi connectivity index (χ2v) is 20.1. The first-order valence-corrected chi connectivity index (χ1v) is 28.3. The van der Waals surface area contributed by atoms with Gasteiger partial charge in [0.15, 0.2) is 0 Å². The Balaban J connectivity index is 0.000000579. The fraction of sp³-hybridized carbons (Fsp3) is 0.321. The topological polar surface area (TPSA) is 563 Å². The van der Waals surface area contributed by atoms with Crippen LogP contribution in [-0.2, 0) is 44.8 Å². The predicted molar refractivity (Wildman–Crippen MR) is 339 cm³/mol. The molecule has 91 heavy (non-hydrogen) atoms. The Morgan fingerprint density at radius 3 is 1.09 bits per heavy atom. The molecule has 0 radical (unpaired) electrons. The normalized spacial score (nSPS) is 11.8. The van der Waals surface area contributed by atoms with Gasteiger partial charge in [-0.05, 0) is 71.0 Å². The highest BCUT2D eigenvalue weighted by Crippen LogP contribution is 2.20. The molecule has 0 aliphatic carbocycles. The van der Waals surface area contributed by atoms with E-state index in [1.54, 1.807) is 49.4 Å². The first-order valence-electron chi connectivity index (χ1n) is 28.3. The first-order chi connectivity index (χ1) is 42.9. The van der Waals surface area contributed by atoms with Crippen LogP contribution in [0.2, 0.25) is 0 Å². The van der Waals surface area contributed by atoms with E-state index in [9.17, 15) is 58.0 Å². The lowest BCUT2D eigenvalue weighted by molar-refractivity contribution is -0.123. The second-order valence-electron chi connectivity index (χ2n) is 20.1. The predicted octanol–water partition coefficient (Wildman–Crippen LogP) is -4.53. The molecule has 0 unspecified atom stereocenters. The van der Waals surface area contributed by atoms with Crippen molar-refractivity contribution < 1.29 is 98.2 Å². The molecule has 30 nitrogen and oxygen atoms in total. The maximum atomic E-state index is 12.1. The quantitative estimate of drug-likeness (QED) is 0.0193. The van der Waals surface area contributed by atoms with Gasteiger partial charge in [0.25, 0.3) is 11.8 Å². The third kappa shape index (κ3) is 35.1. The molecule has 0 aliphatic heterocycles. The number of carbonyl (C=O) groups excluding carboxylic acids is 10. The Kier molecular flexibility index (Phi) is 38.3. The summed E-state index contributed by atoms with van der Waals surface area (Å²) in [6.07, 6.45) is 1.20. The highest BCUT2D eigenvalue weighted by atomic mass is 16.4. The van der Waals surface area contributed by atoms with Crippen molar-refractivity contribution >= 4 is 105 Å². The molecule has 25 N–H and O–H groups in total. The van der Waals surface area contributed by atoms with Crippen LogP contribution in [0.5, 0.6) is 0 Å². The average Bonchev–Trinajstić information content (AvgIpc) is 1.37. The van der Waals surface area contributed by atoms with E-state index in [1.807, 2.05) is 91.9 Å². The van der Waals surface area contributed by atoms with Gasteiger partial charge in [-0.15, -0.1) is 0 Å². The van der Waals surface area contributed by atoms with Crippen LogP contribution >= 0.6 is 0 Å². The van der Waals surface area contributed by atoms with Crippen LogP contribution in [0.4, 0.5) is 0 Å². The number of nitrogens with two attached hydrogens (primary N) is 5. The SMILES string of the molecule is CCC(=O)N[C@H](CC(N)=O)B(O)O.CCCC(=O)N[C@H](CC(N)=O)B(O)O.NC(=O)C[C@@H](NC(=O)CCCc1ccccc1)B(O)O.NC(=O)C[C@@H](NC(=O)c1ccc(-c2ccccc2)cc1)B(O)O.NC(=O)C[C@@H](NC(=O)c1ccc2ccccc2c1)B(O)O. The van der Waals surface area contributed by atoms with Gasteiger partial charge < -0.3 is 105 Å². The zero-order valence-electron chi connectivity index (χ0n) is 50.1. The minimum Gasteiger partial charge on any atom is -0.426 e. The first kappa shape index (κ1) is 80.0. The summed E-state index contributed by atoms with van der Waals surface area (Å²) in [6, 6.07) is 38.9. The zero-order valence-corrected chi connectivity index (χ0v) is 50.1. The molecular formula is C56H79B5N10O20. The summed E-state index contributed by atoms with van der Waals surface area (Å²) in [5, 5.41) is 103. The fourth-order valence-corrected chi connectivity index (χ4v) is 7.71. The van der Waals surface area contributed by atoms with Gasteiger partial charge in [-0.25, -0.2) is 0 Å². The summed E-state index contributed by atoms with van der Waals surface area (Å²) in [6.45, 7) is 3.43. The lowest BCUT2D eigenvalue weighted by Gasteiger charge is -2.16. The van der Waals surface area contributed by atoms with Crippen molar-refractivity contribution in [1.29, 1.82) is 0 Å². The number of rotatable bonds is 30. The van der Waals surface area contributed by atoms with E-state index >= 15 is 0 Å². The van der Waals surface area contributed by atoms with E-state index < -0.39 is 107 Å². The minimum atomic E-state index is -1.87. The van der Waals surface area contributed by atoms with Crippen LogP contribution < -0.4 is 55.3 Å². The molecule has 0 aromatic heterocycles. The Hall–Kier alpha value is -9.02. The van der Waals surface area contributed by atoms with Gasteiger partial charge in [-0.2, -0.15) is 0 Å². The van der Waals surface area contributed by atoms with Crippen LogP contribution in [0.1, 0.15) is 104 Å². The molecule has 0 saturated heterocycles. The Morgan fingerprint density at radius 1 is 0.374 bits per heavy atom. The smallest absolute Gasteiger partial charge is 0.426 e. The summed E-state index contributed by atoms with van der Waals surface area (Å²) in [7, 11) is -9.08. The molecule has 0 saturated carbocycles. The molecule has 0 fully saturated rings. The molecule has 5 aromatic carbocycles. The van der Waals surface area contributed by atoms with Gasteiger partial charge in [-0.3, -0.25) is 47.9 Å². The molecule has 488 valence electrons. The van der Waals surface area contributed by atoms with Crippen LogP contribution in [0, 0.1) is 0 Å². The second kappa shape index (κ2) is 43.6. The number of nitrogens with one attached hydrogen (secondary N) is 5. The van der Waals surface area contributed by atoms with Gasteiger partial charge in [0.2, 0.25) is 47.3 Å². The lowest BCUT2D eigenvalue weighted by Crippen LogP contribution is -2.48. The Labute approximate surface area is 526 Å². The van der Waals surface area contributed by atoms with Crippen molar-refractivity contribution in [2.24, 2.45) is 28.7 Å². The van der Waals surface area contributed by atoms with E-state index in [2.05, 4.69) is 26.6 Å². The molecule has 5 aromatic rings. The molecular weight excluding hydrogens is 1190 g/mol. The number of fused-ring (bicyclic) bond motifs is 1. The number of benzene rings is 5. The van der Waals surface area contributed by atoms with E-state index in [4.69, 9.17) is 68.9 Å². The summed E-state index contributed by atoms with van der Waals surface area (Å²) < 4.78 is 0. The highest BCUT2D eigenvalue weighted by Gasteiger charge is 2.31. The number of aryl methyl sites for hydroxylation is 1. The molecule has 10 amide bonds. The van der Waals surface area contributed by atoms with Crippen LogP contribution in [0.15, 0.2) is 127 Å². The summed E-state index contributed by atoms with van der Waals surface area (Å²) >= 11 is 0. The van der Waals surface area contributed by atoms with E-state index in [0.717, 1.165) is 33.9 Å². The van der Waals surface area contributed by atoms with Crippen LogP contribution in [0.3, 0.4) is 0 Å². The summed E-state index contributed by atoms with van der Waals surface area (Å²) in [5.74, 6) is -11.0. The molecule has 5 atom stereocenters. The molecule has 0 aliphatic rings. The third-order valence-corrected chi connectivity index (χ3v) is 12.4. The average molecular weight is 1270 g/mol. The number of primary amides is 5. The standard InChI is InChI=1S/C16H17BN2O4.C14H15BN2O4.C13H19BN2O4.C7H15BN2O4.C6H13BN2O4/c18-15(20)10-14(17(22)23)19-16(21)13-8-6-12(7-9-13)11-4-2-1-3-5-11;16-13(18)8-12(15(20)21)17-14(19)11-6-5-9-3-1-2-4-10(9)7-11;15-12(17)9-11(14(19)20)16-13(18)8-4-7-10-5-2-1-3-6-10;1-2-3-7(12)10-5(8(13)14)4-6(9)11;1-2-6(11)9-4(7(12)13)3-5(8)10/h1-9,14,22-23H,10H2,(H2,18,20)(H,19,21);1-7,12,20-21H,8H2,(H2,16,18)(H,17,19);1-3,5-6,11,19-20H,4,7-9H2,(H2,15,17)(H,16,18);5,13-14H,2-4H2,1H3,(H2,9,11)(H,10,12);4,12-13H,2-3H2,1H3,(H2,8,10)(H,9,11)/t14-;12-;11-;5-;4-/m11111/s1. The number of amides is 10.